The number of esters is 1. The zero-order valence-electron chi connectivity index (χ0n) is 18.2. The Hall–Kier alpha value is -3.35. The van der Waals surface area contributed by atoms with E-state index in [1.165, 1.54) is 11.3 Å². The fraction of sp³-hybridized carbons (Fsp3) is 0.154. The van der Waals surface area contributed by atoms with Gasteiger partial charge in [-0.15, -0.1) is 11.3 Å². The summed E-state index contributed by atoms with van der Waals surface area (Å²) in [4.78, 5) is 17.2. The van der Waals surface area contributed by atoms with Crippen LogP contribution < -0.4 is 9.47 Å². The second-order valence-electron chi connectivity index (χ2n) is 7.08. The van der Waals surface area contributed by atoms with Crippen LogP contribution >= 0.6 is 22.9 Å². The molecule has 0 saturated carbocycles. The molecule has 0 fully saturated rings. The van der Waals surface area contributed by atoms with Gasteiger partial charge in [-0.2, -0.15) is 0 Å². The van der Waals surface area contributed by atoms with Crippen molar-refractivity contribution in [1.29, 1.82) is 0 Å². The van der Waals surface area contributed by atoms with E-state index in [0.717, 1.165) is 21.2 Å². The Morgan fingerprint density at radius 1 is 1.06 bits per heavy atom. The Morgan fingerprint density at radius 3 is 2.61 bits per heavy atom. The van der Waals surface area contributed by atoms with Crippen molar-refractivity contribution in [3.05, 3.63) is 88.4 Å². The average molecular weight is 480 g/mol. The molecule has 0 spiro atoms. The Kier molecular flexibility index (Phi) is 7.27. The van der Waals surface area contributed by atoms with E-state index in [1.54, 1.807) is 20.2 Å². The highest BCUT2D eigenvalue weighted by molar-refractivity contribution is 7.23. The number of nitrogens with zero attached hydrogens (tertiary/aromatic N) is 1. The molecule has 1 aromatic heterocycles. The van der Waals surface area contributed by atoms with Gasteiger partial charge in [0.1, 0.15) is 17.2 Å². The number of benzene rings is 3. The first-order chi connectivity index (χ1) is 16.1. The number of methoxy groups -OCH3 is 1. The van der Waals surface area contributed by atoms with Crippen LogP contribution in [0.2, 0.25) is 5.02 Å². The van der Waals surface area contributed by atoms with Crippen molar-refractivity contribution in [1.82, 2.24) is 0 Å². The van der Waals surface area contributed by atoms with Gasteiger partial charge in [0.2, 0.25) is 0 Å². The number of fused-ring (bicyclic) bond motifs is 1. The molecule has 4 aromatic rings. The number of hydrogen-bond donors (Lipinski definition) is 0. The van der Waals surface area contributed by atoms with Gasteiger partial charge in [-0.1, -0.05) is 41.9 Å². The molecule has 0 aliphatic rings. The van der Waals surface area contributed by atoms with Crippen LogP contribution in [0.4, 0.5) is 5.00 Å². The first-order valence-electron chi connectivity index (χ1n) is 10.4. The van der Waals surface area contributed by atoms with Crippen LogP contribution in [0.5, 0.6) is 11.5 Å². The lowest BCUT2D eigenvalue weighted by atomic mass is 10.1. The molecule has 0 aliphatic heterocycles. The smallest absolute Gasteiger partial charge is 0.341 e. The molecule has 0 atom stereocenters. The predicted octanol–water partition coefficient (Wildman–Crippen LogP) is 7.07. The lowest BCUT2D eigenvalue weighted by Crippen LogP contribution is -2.03. The number of carbonyl (C=O) groups excluding carboxylic acids is 1. The summed E-state index contributed by atoms with van der Waals surface area (Å²) >= 11 is 7.39. The summed E-state index contributed by atoms with van der Waals surface area (Å²) in [6.07, 6.45) is 1.71. The molecule has 1 heterocycles. The summed E-state index contributed by atoms with van der Waals surface area (Å²) in [6, 6.07) is 20.8. The van der Waals surface area contributed by atoms with Crippen molar-refractivity contribution in [2.24, 2.45) is 4.99 Å². The topological polar surface area (TPSA) is 57.1 Å². The second kappa shape index (κ2) is 10.5. The second-order valence-corrected chi connectivity index (χ2v) is 8.55. The number of carbonyl (C=O) groups is 1. The third kappa shape index (κ3) is 5.35. The molecule has 0 N–H and O–H groups in total. The summed E-state index contributed by atoms with van der Waals surface area (Å²) in [5, 5.41) is 2.14. The summed E-state index contributed by atoms with van der Waals surface area (Å²) in [5.41, 5.74) is 2.31. The quantitative estimate of drug-likeness (QED) is 0.200. The molecule has 5 nitrogen and oxygen atoms in total. The van der Waals surface area contributed by atoms with Crippen molar-refractivity contribution in [3.8, 4) is 11.5 Å². The molecule has 0 unspecified atom stereocenters. The van der Waals surface area contributed by atoms with Crippen molar-refractivity contribution < 1.29 is 19.0 Å². The number of ether oxygens (including phenoxy) is 3. The molecule has 168 valence electrons. The maximum absolute atomic E-state index is 12.6. The van der Waals surface area contributed by atoms with Crippen LogP contribution in [0.1, 0.15) is 28.4 Å². The number of thiophene rings is 1. The van der Waals surface area contributed by atoms with Gasteiger partial charge in [-0.3, -0.25) is 0 Å². The number of hydrogen-bond acceptors (Lipinski definition) is 6. The van der Waals surface area contributed by atoms with Crippen LogP contribution in [-0.4, -0.2) is 25.9 Å². The van der Waals surface area contributed by atoms with Crippen molar-refractivity contribution >= 4 is 50.2 Å². The molecule has 0 amide bonds. The number of halogens is 1. The van der Waals surface area contributed by atoms with E-state index in [1.807, 2.05) is 66.7 Å². The van der Waals surface area contributed by atoms with Gasteiger partial charge in [0.15, 0.2) is 11.5 Å². The fourth-order valence-electron chi connectivity index (χ4n) is 3.28. The third-order valence-electron chi connectivity index (χ3n) is 4.88. The molecular formula is C26H22ClNO4S. The van der Waals surface area contributed by atoms with Gasteiger partial charge in [0, 0.05) is 21.3 Å². The highest BCUT2D eigenvalue weighted by Crippen LogP contribution is 2.38. The van der Waals surface area contributed by atoms with E-state index in [9.17, 15) is 4.79 Å². The number of aliphatic imine (C=N–C) groups is 1. The Labute approximate surface area is 201 Å². The molecule has 33 heavy (non-hydrogen) atoms. The van der Waals surface area contributed by atoms with Gasteiger partial charge >= 0.3 is 5.97 Å². The van der Waals surface area contributed by atoms with Gasteiger partial charge in [-0.25, -0.2) is 9.79 Å². The summed E-state index contributed by atoms with van der Waals surface area (Å²) < 4.78 is 17.7. The van der Waals surface area contributed by atoms with Crippen LogP contribution in [0.25, 0.3) is 10.1 Å². The van der Waals surface area contributed by atoms with E-state index in [2.05, 4.69) is 4.99 Å². The molecule has 4 rings (SSSR count). The van der Waals surface area contributed by atoms with Crippen molar-refractivity contribution in [2.45, 2.75) is 13.5 Å². The molecule has 7 heteroatoms. The van der Waals surface area contributed by atoms with E-state index < -0.39 is 0 Å². The van der Waals surface area contributed by atoms with Crippen LogP contribution in [0, 0.1) is 0 Å². The average Bonchev–Trinajstić information content (AvgIpc) is 3.21. The largest absolute Gasteiger partial charge is 0.493 e. The Balaban J connectivity index is 1.57. The van der Waals surface area contributed by atoms with Gasteiger partial charge in [0.05, 0.1) is 13.7 Å². The SMILES string of the molecule is CCOC(=O)c1c(N=Cc2ccc(OCc3ccc(Cl)cc3)c(OC)c2)sc2ccccc12. The molecule has 0 aliphatic carbocycles. The first kappa shape index (κ1) is 22.8. The normalized spacial score (nSPS) is 11.1. The first-order valence-corrected chi connectivity index (χ1v) is 11.6. The molecule has 0 radical (unpaired) electrons. The third-order valence-corrected chi connectivity index (χ3v) is 6.21. The highest BCUT2D eigenvalue weighted by atomic mass is 35.5. The molecule has 3 aromatic carbocycles. The zero-order valence-corrected chi connectivity index (χ0v) is 19.8. The summed E-state index contributed by atoms with van der Waals surface area (Å²) in [5.74, 6) is 0.846. The predicted molar refractivity (Wildman–Crippen MR) is 134 cm³/mol. The van der Waals surface area contributed by atoms with Gasteiger partial charge < -0.3 is 14.2 Å². The van der Waals surface area contributed by atoms with Gasteiger partial charge in [0.25, 0.3) is 0 Å². The molecular weight excluding hydrogens is 458 g/mol. The van der Waals surface area contributed by atoms with E-state index in [0.29, 0.717) is 40.3 Å². The van der Waals surface area contributed by atoms with Crippen molar-refractivity contribution in [3.63, 3.8) is 0 Å². The van der Waals surface area contributed by atoms with Crippen LogP contribution in [-0.2, 0) is 11.3 Å². The molecule has 0 saturated heterocycles. The monoisotopic (exact) mass is 479 g/mol. The van der Waals surface area contributed by atoms with Crippen LogP contribution in [0.3, 0.4) is 0 Å². The maximum Gasteiger partial charge on any atom is 0.341 e. The minimum atomic E-state index is -0.370. The zero-order chi connectivity index (χ0) is 23.2. The Bertz CT molecular complexity index is 1300. The van der Waals surface area contributed by atoms with E-state index >= 15 is 0 Å². The summed E-state index contributed by atoms with van der Waals surface area (Å²) in [6.45, 7) is 2.49. The van der Waals surface area contributed by atoms with Gasteiger partial charge in [-0.05, 0) is 54.4 Å². The lowest BCUT2D eigenvalue weighted by molar-refractivity contribution is 0.0530. The van der Waals surface area contributed by atoms with E-state index in [-0.39, 0.29) is 5.97 Å². The lowest BCUT2D eigenvalue weighted by Gasteiger charge is -2.11. The maximum atomic E-state index is 12.6. The minimum Gasteiger partial charge on any atom is -0.493 e. The van der Waals surface area contributed by atoms with Crippen molar-refractivity contribution in [2.75, 3.05) is 13.7 Å². The number of rotatable bonds is 8. The van der Waals surface area contributed by atoms with E-state index in [4.69, 9.17) is 25.8 Å². The summed E-state index contributed by atoms with van der Waals surface area (Å²) in [7, 11) is 1.59. The minimum absolute atomic E-state index is 0.306. The van der Waals surface area contributed by atoms with Crippen LogP contribution in [0.15, 0.2) is 71.7 Å². The Morgan fingerprint density at radius 2 is 1.85 bits per heavy atom. The molecule has 0 bridgehead atoms. The highest BCUT2D eigenvalue weighted by Gasteiger charge is 2.19. The fourth-order valence-corrected chi connectivity index (χ4v) is 4.44. The standard InChI is InChI=1S/C26H22ClNO4S/c1-3-31-26(29)24-20-6-4-5-7-23(20)33-25(24)28-15-18-10-13-21(22(14-18)30-2)32-16-17-8-11-19(27)12-9-17/h4-15H,3,16H2,1-2H3.